The van der Waals surface area contributed by atoms with Gasteiger partial charge in [-0.1, -0.05) is 62.4 Å². The van der Waals surface area contributed by atoms with Crippen molar-refractivity contribution in [3.8, 4) is 22.5 Å². The summed E-state index contributed by atoms with van der Waals surface area (Å²) < 4.78 is 6.20. The summed E-state index contributed by atoms with van der Waals surface area (Å²) in [6.07, 6.45) is 8.56. The summed E-state index contributed by atoms with van der Waals surface area (Å²) in [5.41, 5.74) is 11.4. The van der Waals surface area contributed by atoms with Gasteiger partial charge in [0.15, 0.2) is 0 Å². The van der Waals surface area contributed by atoms with Gasteiger partial charge in [-0.2, -0.15) is 0 Å². The number of hydrogen-bond donors (Lipinski definition) is 0. The monoisotopic (exact) mass is 693 g/mol. The summed E-state index contributed by atoms with van der Waals surface area (Å²) in [7, 11) is 0. The molecule has 5 aromatic rings. The quantitative estimate of drug-likeness (QED) is 0.174. The largest absolute Gasteiger partial charge is 0.505 e. The van der Waals surface area contributed by atoms with E-state index >= 15 is 0 Å². The van der Waals surface area contributed by atoms with Crippen LogP contribution in [0.1, 0.15) is 67.2 Å². The maximum atomic E-state index is 6.20. The summed E-state index contributed by atoms with van der Waals surface area (Å²) in [6.45, 7) is 12.9. The third kappa shape index (κ3) is 6.40. The number of benzene rings is 2. The molecule has 0 bridgehead atoms. The van der Waals surface area contributed by atoms with Gasteiger partial charge in [0.2, 0.25) is 0 Å². The van der Waals surface area contributed by atoms with Gasteiger partial charge < -0.3 is 14.4 Å². The predicted octanol–water partition coefficient (Wildman–Crippen LogP) is 8.94. The van der Waals surface area contributed by atoms with Crippen molar-refractivity contribution in [1.82, 2.24) is 9.97 Å². The minimum Gasteiger partial charge on any atom is -0.505 e. The van der Waals surface area contributed by atoms with Gasteiger partial charge in [0.1, 0.15) is 0 Å². The Kier molecular flexibility index (Phi) is 8.89. The van der Waals surface area contributed by atoms with Crippen LogP contribution in [0.25, 0.3) is 33.5 Å². The number of pyridine rings is 2. The molecule has 0 unspecified atom stereocenters. The van der Waals surface area contributed by atoms with Gasteiger partial charge in [-0.3, -0.25) is 0 Å². The number of nitrogens with zero attached hydrogens (tertiary/aromatic N) is 2. The second-order valence-electron chi connectivity index (χ2n) is 11.4. The van der Waals surface area contributed by atoms with E-state index in [0.717, 1.165) is 40.9 Å². The summed E-state index contributed by atoms with van der Waals surface area (Å²) in [6, 6.07) is 23.2. The Balaban J connectivity index is 0.000000192. The Hall–Kier alpha value is -3.07. The third-order valence-electron chi connectivity index (χ3n) is 7.42. The summed E-state index contributed by atoms with van der Waals surface area (Å²) in [5.74, 6) is 1.17. The molecule has 0 saturated heterocycles. The summed E-state index contributed by atoms with van der Waals surface area (Å²) >= 11 is 0. The summed E-state index contributed by atoms with van der Waals surface area (Å²) in [4.78, 5) is 9.09. The normalized spacial score (nSPS) is 12.8. The minimum atomic E-state index is 0. The molecule has 203 valence electrons. The molecule has 0 aliphatic heterocycles. The second-order valence-corrected chi connectivity index (χ2v) is 11.4. The van der Waals surface area contributed by atoms with Gasteiger partial charge >= 0.3 is 0 Å². The zero-order valence-corrected chi connectivity index (χ0v) is 26.1. The average molecular weight is 693 g/mol. The van der Waals surface area contributed by atoms with Gasteiger partial charge in [-0.05, 0) is 66.6 Å². The Labute approximate surface area is 246 Å². The number of aromatic nitrogens is 2. The number of aryl methyl sites for hydroxylation is 5. The fourth-order valence-electron chi connectivity index (χ4n) is 4.84. The first-order valence-electron chi connectivity index (χ1n) is 13.5. The van der Waals surface area contributed by atoms with Crippen LogP contribution in [0.4, 0.5) is 0 Å². The molecule has 0 fully saturated rings. The molecule has 3 nitrogen and oxygen atoms in total. The van der Waals surface area contributed by atoms with E-state index in [4.69, 9.17) is 4.42 Å². The molecular formula is C35H36IrN2O-2. The molecule has 3 aromatic heterocycles. The molecule has 39 heavy (non-hydrogen) atoms. The van der Waals surface area contributed by atoms with E-state index in [1.807, 2.05) is 24.5 Å². The topological polar surface area (TPSA) is 38.9 Å². The first-order valence-corrected chi connectivity index (χ1v) is 13.5. The molecule has 1 aliphatic rings. The number of furan rings is 1. The van der Waals surface area contributed by atoms with Gasteiger partial charge in [-0.25, -0.2) is 0 Å². The third-order valence-corrected chi connectivity index (χ3v) is 7.42. The predicted molar refractivity (Wildman–Crippen MR) is 156 cm³/mol. The van der Waals surface area contributed by atoms with Crippen LogP contribution in [0.3, 0.4) is 0 Å². The fraction of sp³-hybridized carbons (Fsp3) is 0.314. The van der Waals surface area contributed by atoms with Gasteiger partial charge in [-0.15, -0.1) is 53.6 Å². The fourth-order valence-corrected chi connectivity index (χ4v) is 4.84. The molecule has 6 rings (SSSR count). The van der Waals surface area contributed by atoms with E-state index in [2.05, 4.69) is 100 Å². The first-order chi connectivity index (χ1) is 18.2. The molecule has 0 spiro atoms. The van der Waals surface area contributed by atoms with Crippen LogP contribution in [0.2, 0.25) is 0 Å². The Morgan fingerprint density at radius 3 is 2.26 bits per heavy atom. The van der Waals surface area contributed by atoms with Crippen LogP contribution in [-0.4, -0.2) is 9.97 Å². The van der Waals surface area contributed by atoms with Crippen molar-refractivity contribution in [3.63, 3.8) is 0 Å². The SMILES string of the molecule is CC(C)(C)c1ccc(-c2[c-]ccc3c4c(oc23)CCCC4)nc1.Cc1c[c-]c(-c2cc(C)c(C)cn2)cc1.[Ir]. The maximum absolute atomic E-state index is 6.20. The van der Waals surface area contributed by atoms with Crippen LogP contribution >= 0.6 is 0 Å². The molecule has 4 heteroatoms. The van der Waals surface area contributed by atoms with Crippen molar-refractivity contribution in [2.45, 2.75) is 72.6 Å². The van der Waals surface area contributed by atoms with Crippen LogP contribution in [0.5, 0.6) is 0 Å². The van der Waals surface area contributed by atoms with Crippen molar-refractivity contribution in [3.05, 3.63) is 107 Å². The van der Waals surface area contributed by atoms with Crippen LogP contribution in [-0.2, 0) is 38.4 Å². The number of hydrogen-bond acceptors (Lipinski definition) is 3. The molecule has 1 radical (unpaired) electrons. The standard InChI is InChI=1S/C21H22NO.C14H14N.Ir/c1-21(2,3)14-11-12-18(22-13-14)17-9-6-8-16-15-7-4-5-10-19(15)23-20(16)17;1-10-4-6-13(7-5-10)14-8-11(2)12(3)9-15-14;/h6,8,11-13H,4-5,7,10H2,1-3H3;4-6,8-9H,1-3H3;/q2*-1;. The van der Waals surface area contributed by atoms with E-state index in [0.29, 0.717) is 0 Å². The van der Waals surface area contributed by atoms with E-state index in [1.165, 1.54) is 51.8 Å². The first kappa shape index (κ1) is 28.9. The van der Waals surface area contributed by atoms with E-state index in [1.54, 1.807) is 0 Å². The summed E-state index contributed by atoms with van der Waals surface area (Å²) in [5, 5.41) is 1.25. The molecule has 2 aromatic carbocycles. The Morgan fingerprint density at radius 1 is 0.821 bits per heavy atom. The van der Waals surface area contributed by atoms with Gasteiger partial charge in [0, 0.05) is 38.9 Å². The number of rotatable bonds is 2. The molecule has 0 N–H and O–H groups in total. The molecule has 0 atom stereocenters. The minimum absolute atomic E-state index is 0. The van der Waals surface area contributed by atoms with Crippen LogP contribution in [0, 0.1) is 32.9 Å². The Bertz CT molecular complexity index is 1560. The van der Waals surface area contributed by atoms with Crippen molar-refractivity contribution in [1.29, 1.82) is 0 Å². The number of fused-ring (bicyclic) bond motifs is 3. The van der Waals surface area contributed by atoms with E-state index < -0.39 is 0 Å². The van der Waals surface area contributed by atoms with Crippen molar-refractivity contribution in [2.24, 2.45) is 0 Å². The maximum Gasteiger partial charge on any atom is 0.0930 e. The molecular weight excluding hydrogens is 657 g/mol. The molecule has 1 aliphatic carbocycles. The smallest absolute Gasteiger partial charge is 0.0930 e. The molecule has 3 heterocycles. The van der Waals surface area contributed by atoms with Crippen molar-refractivity contribution >= 4 is 11.0 Å². The van der Waals surface area contributed by atoms with Gasteiger partial charge in [0.25, 0.3) is 0 Å². The van der Waals surface area contributed by atoms with E-state index in [-0.39, 0.29) is 25.5 Å². The molecule has 0 amide bonds. The van der Waals surface area contributed by atoms with Crippen molar-refractivity contribution in [2.75, 3.05) is 0 Å². The van der Waals surface area contributed by atoms with Gasteiger partial charge in [0.05, 0.1) is 11.3 Å². The second kappa shape index (κ2) is 12.0. The van der Waals surface area contributed by atoms with Crippen molar-refractivity contribution < 1.29 is 24.5 Å². The molecule has 0 saturated carbocycles. The van der Waals surface area contributed by atoms with Crippen LogP contribution in [0.15, 0.2) is 65.3 Å². The van der Waals surface area contributed by atoms with E-state index in [9.17, 15) is 0 Å². The Morgan fingerprint density at radius 2 is 1.59 bits per heavy atom. The zero-order valence-electron chi connectivity index (χ0n) is 23.7. The average Bonchev–Trinajstić information content (AvgIpc) is 3.30. The van der Waals surface area contributed by atoms with Crippen LogP contribution < -0.4 is 0 Å². The zero-order chi connectivity index (χ0) is 26.9.